The van der Waals surface area contributed by atoms with E-state index in [9.17, 15) is 4.79 Å². The van der Waals surface area contributed by atoms with Gasteiger partial charge >= 0.3 is 0 Å². The molecule has 1 aliphatic heterocycles. The molecule has 1 saturated heterocycles. The number of hydrogen-bond acceptors (Lipinski definition) is 3. The summed E-state index contributed by atoms with van der Waals surface area (Å²) in [6.45, 7) is 8.07. The quantitative estimate of drug-likeness (QED) is 0.746. The summed E-state index contributed by atoms with van der Waals surface area (Å²) in [4.78, 5) is 13.3. The molecule has 1 amide bonds. The summed E-state index contributed by atoms with van der Waals surface area (Å²) in [5.74, 6) is 0.137. The van der Waals surface area contributed by atoms with Gasteiger partial charge in [0.05, 0.1) is 12.6 Å². The summed E-state index contributed by atoms with van der Waals surface area (Å²) in [6, 6.07) is 0. The van der Waals surface area contributed by atoms with Crippen molar-refractivity contribution in [2.45, 2.75) is 38.8 Å². The lowest BCUT2D eigenvalue weighted by Crippen LogP contribution is -2.51. The van der Waals surface area contributed by atoms with Crippen molar-refractivity contribution in [1.82, 2.24) is 10.2 Å². The fourth-order valence-corrected chi connectivity index (χ4v) is 1.66. The van der Waals surface area contributed by atoms with Crippen LogP contribution in [-0.2, 0) is 9.53 Å². The highest BCUT2D eigenvalue weighted by atomic mass is 16.5. The maximum atomic E-state index is 11.6. The molecule has 1 N–H and O–H groups in total. The normalized spacial score (nSPS) is 30.5. The van der Waals surface area contributed by atoms with Crippen LogP contribution in [0.15, 0.2) is 0 Å². The Morgan fingerprint density at radius 2 is 2.33 bits per heavy atom. The Balaban J connectivity index is 2.39. The van der Waals surface area contributed by atoms with Crippen LogP contribution >= 0.6 is 0 Å². The van der Waals surface area contributed by atoms with Crippen molar-refractivity contribution in [3.8, 4) is 0 Å². The Morgan fingerprint density at radius 3 is 2.80 bits per heavy atom. The Morgan fingerprint density at radius 1 is 1.67 bits per heavy atom. The number of nitrogens with zero attached hydrogens (tertiary/aromatic N) is 1. The van der Waals surface area contributed by atoms with Gasteiger partial charge in [-0.05, 0) is 27.2 Å². The molecule has 2 unspecified atom stereocenters. The SMILES string of the molecule is CCN(C)C(=O)CNC1(C)CCOC1C. The zero-order valence-corrected chi connectivity index (χ0v) is 10.2. The van der Waals surface area contributed by atoms with Crippen molar-refractivity contribution < 1.29 is 9.53 Å². The number of carbonyl (C=O) groups excluding carboxylic acids is 1. The Hall–Kier alpha value is -0.610. The van der Waals surface area contributed by atoms with Gasteiger partial charge in [-0.2, -0.15) is 0 Å². The smallest absolute Gasteiger partial charge is 0.236 e. The van der Waals surface area contributed by atoms with E-state index in [1.807, 2.05) is 20.9 Å². The van der Waals surface area contributed by atoms with E-state index in [0.717, 1.165) is 19.6 Å². The van der Waals surface area contributed by atoms with E-state index >= 15 is 0 Å². The number of nitrogens with one attached hydrogen (secondary N) is 1. The third-order valence-corrected chi connectivity index (χ3v) is 3.43. The van der Waals surface area contributed by atoms with Crippen molar-refractivity contribution in [2.75, 3.05) is 26.7 Å². The van der Waals surface area contributed by atoms with Crippen LogP contribution in [0.3, 0.4) is 0 Å². The Labute approximate surface area is 92.0 Å². The van der Waals surface area contributed by atoms with Crippen LogP contribution in [0.1, 0.15) is 27.2 Å². The van der Waals surface area contributed by atoms with Gasteiger partial charge in [0.25, 0.3) is 0 Å². The minimum absolute atomic E-state index is 0.0513. The summed E-state index contributed by atoms with van der Waals surface area (Å²) in [5, 5.41) is 3.31. The molecule has 0 aromatic carbocycles. The van der Waals surface area contributed by atoms with Gasteiger partial charge in [0.15, 0.2) is 0 Å². The second kappa shape index (κ2) is 4.94. The second-order valence-corrected chi connectivity index (χ2v) is 4.44. The third-order valence-electron chi connectivity index (χ3n) is 3.43. The predicted octanol–water partition coefficient (Wildman–Crippen LogP) is 0.622. The minimum atomic E-state index is -0.0513. The molecule has 15 heavy (non-hydrogen) atoms. The van der Waals surface area contributed by atoms with E-state index in [0.29, 0.717) is 6.54 Å². The number of ether oxygens (including phenoxy) is 1. The molecule has 1 heterocycles. The summed E-state index contributed by atoms with van der Waals surface area (Å²) >= 11 is 0. The maximum Gasteiger partial charge on any atom is 0.236 e. The van der Waals surface area contributed by atoms with Gasteiger partial charge in [0.2, 0.25) is 5.91 Å². The summed E-state index contributed by atoms with van der Waals surface area (Å²) in [7, 11) is 1.82. The van der Waals surface area contributed by atoms with Gasteiger partial charge in [0, 0.05) is 25.7 Å². The molecule has 0 aromatic rings. The standard InChI is InChI=1S/C11H22N2O2/c1-5-13(4)10(14)8-12-11(3)6-7-15-9(11)2/h9,12H,5-8H2,1-4H3. The van der Waals surface area contributed by atoms with Crippen LogP contribution in [0.5, 0.6) is 0 Å². The molecule has 0 bridgehead atoms. The molecule has 0 aromatic heterocycles. The first-order valence-corrected chi connectivity index (χ1v) is 5.60. The molecule has 2 atom stereocenters. The van der Waals surface area contributed by atoms with E-state index in [2.05, 4.69) is 12.2 Å². The summed E-state index contributed by atoms with van der Waals surface area (Å²) < 4.78 is 5.50. The minimum Gasteiger partial charge on any atom is -0.377 e. The van der Waals surface area contributed by atoms with E-state index in [-0.39, 0.29) is 17.6 Å². The van der Waals surface area contributed by atoms with Gasteiger partial charge in [-0.15, -0.1) is 0 Å². The highest BCUT2D eigenvalue weighted by Gasteiger charge is 2.36. The van der Waals surface area contributed by atoms with Crippen molar-refractivity contribution in [1.29, 1.82) is 0 Å². The molecular weight excluding hydrogens is 192 g/mol. The van der Waals surface area contributed by atoms with Gasteiger partial charge in [-0.25, -0.2) is 0 Å². The van der Waals surface area contributed by atoms with Crippen molar-refractivity contribution in [3.05, 3.63) is 0 Å². The molecule has 4 nitrogen and oxygen atoms in total. The van der Waals surface area contributed by atoms with Crippen LogP contribution in [0.2, 0.25) is 0 Å². The highest BCUT2D eigenvalue weighted by molar-refractivity contribution is 5.78. The maximum absolute atomic E-state index is 11.6. The van der Waals surface area contributed by atoms with Crippen molar-refractivity contribution in [2.24, 2.45) is 0 Å². The average molecular weight is 214 g/mol. The van der Waals surface area contributed by atoms with Gasteiger partial charge < -0.3 is 15.0 Å². The third kappa shape index (κ3) is 2.92. The second-order valence-electron chi connectivity index (χ2n) is 4.44. The molecule has 1 aliphatic rings. The number of likely N-dealkylation sites (N-methyl/N-ethyl adjacent to an activating group) is 1. The van der Waals surface area contributed by atoms with Crippen LogP contribution < -0.4 is 5.32 Å². The monoisotopic (exact) mass is 214 g/mol. The topological polar surface area (TPSA) is 41.6 Å². The van der Waals surface area contributed by atoms with Gasteiger partial charge in [-0.1, -0.05) is 0 Å². The Bertz CT molecular complexity index is 233. The lowest BCUT2D eigenvalue weighted by Gasteiger charge is -2.29. The van der Waals surface area contributed by atoms with E-state index in [1.54, 1.807) is 4.90 Å². The number of rotatable bonds is 4. The van der Waals surface area contributed by atoms with Gasteiger partial charge in [0.1, 0.15) is 0 Å². The van der Waals surface area contributed by atoms with Crippen LogP contribution in [0.25, 0.3) is 0 Å². The van der Waals surface area contributed by atoms with E-state index in [1.165, 1.54) is 0 Å². The number of amides is 1. The van der Waals surface area contributed by atoms with Crippen LogP contribution in [-0.4, -0.2) is 49.2 Å². The van der Waals surface area contributed by atoms with Gasteiger partial charge in [-0.3, -0.25) is 4.79 Å². The lowest BCUT2D eigenvalue weighted by molar-refractivity contribution is -0.129. The fraction of sp³-hybridized carbons (Fsp3) is 0.909. The summed E-state index contributed by atoms with van der Waals surface area (Å²) in [6.07, 6.45) is 1.15. The van der Waals surface area contributed by atoms with Crippen molar-refractivity contribution >= 4 is 5.91 Å². The van der Waals surface area contributed by atoms with E-state index in [4.69, 9.17) is 4.74 Å². The first-order chi connectivity index (χ1) is 6.99. The summed E-state index contributed by atoms with van der Waals surface area (Å²) in [5.41, 5.74) is -0.0513. The molecule has 0 saturated carbocycles. The number of hydrogen-bond donors (Lipinski definition) is 1. The fourth-order valence-electron chi connectivity index (χ4n) is 1.66. The molecule has 0 spiro atoms. The molecule has 1 rings (SSSR count). The molecular formula is C11H22N2O2. The molecule has 0 radical (unpaired) electrons. The molecule has 1 fully saturated rings. The van der Waals surface area contributed by atoms with E-state index < -0.39 is 0 Å². The predicted molar refractivity (Wildman–Crippen MR) is 59.7 cm³/mol. The molecule has 4 heteroatoms. The zero-order valence-electron chi connectivity index (χ0n) is 10.2. The largest absolute Gasteiger partial charge is 0.377 e. The lowest BCUT2D eigenvalue weighted by atomic mass is 9.95. The zero-order chi connectivity index (χ0) is 11.5. The number of carbonyl (C=O) groups is 1. The molecule has 0 aliphatic carbocycles. The average Bonchev–Trinajstić information content (AvgIpc) is 2.55. The molecule has 88 valence electrons. The van der Waals surface area contributed by atoms with Crippen LogP contribution in [0, 0.1) is 0 Å². The van der Waals surface area contributed by atoms with Crippen LogP contribution in [0.4, 0.5) is 0 Å². The van der Waals surface area contributed by atoms with Crippen molar-refractivity contribution in [3.63, 3.8) is 0 Å². The highest BCUT2D eigenvalue weighted by Crippen LogP contribution is 2.24. The first kappa shape index (κ1) is 12.5. The first-order valence-electron chi connectivity index (χ1n) is 5.60. The Kier molecular flexibility index (Phi) is 4.11.